The third-order valence-corrected chi connectivity index (χ3v) is 6.44. The smallest absolute Gasteiger partial charge is 0.222 e. The molecule has 0 saturated carbocycles. The molecule has 1 fully saturated rings. The van der Waals surface area contributed by atoms with Gasteiger partial charge in [-0.2, -0.15) is 10.4 Å². The van der Waals surface area contributed by atoms with Crippen LogP contribution < -0.4 is 0 Å². The third kappa shape index (κ3) is 3.63. The van der Waals surface area contributed by atoms with E-state index in [1.807, 2.05) is 25.7 Å². The summed E-state index contributed by atoms with van der Waals surface area (Å²) >= 11 is 0. The van der Waals surface area contributed by atoms with Gasteiger partial charge in [0.25, 0.3) is 0 Å². The molecule has 2 unspecified atom stereocenters. The van der Waals surface area contributed by atoms with Crippen molar-refractivity contribution < 1.29 is 9.00 Å². The van der Waals surface area contributed by atoms with E-state index in [0.717, 1.165) is 17.0 Å². The summed E-state index contributed by atoms with van der Waals surface area (Å²) in [7, 11) is -0.828. The minimum absolute atomic E-state index is 0.0906. The van der Waals surface area contributed by atoms with Crippen LogP contribution in [-0.4, -0.2) is 54.2 Å². The average molecular weight is 373 g/mol. The first kappa shape index (κ1) is 18.5. The van der Waals surface area contributed by atoms with Crippen LogP contribution in [0.2, 0.25) is 0 Å². The zero-order valence-corrected chi connectivity index (χ0v) is 16.2. The lowest BCUT2D eigenvalue weighted by atomic mass is 10.1. The predicted octanol–water partition coefficient (Wildman–Crippen LogP) is 1.38. The number of aryl methyl sites for hydroxylation is 2. The minimum Gasteiger partial charge on any atom is -0.341 e. The number of hydrogen-bond acceptors (Lipinski definition) is 5. The first-order chi connectivity index (χ1) is 12.4. The first-order valence-electron chi connectivity index (χ1n) is 8.77. The second-order valence-corrected chi connectivity index (χ2v) is 8.54. The van der Waals surface area contributed by atoms with E-state index in [-0.39, 0.29) is 11.8 Å². The molecule has 2 atom stereocenters. The Kier molecular flexibility index (Phi) is 5.37. The van der Waals surface area contributed by atoms with Gasteiger partial charge in [0.05, 0.1) is 6.20 Å². The van der Waals surface area contributed by atoms with Crippen molar-refractivity contribution in [2.75, 3.05) is 24.6 Å². The number of hydrogen-bond donors (Lipinski definition) is 0. The van der Waals surface area contributed by atoms with Gasteiger partial charge < -0.3 is 4.90 Å². The van der Waals surface area contributed by atoms with E-state index in [4.69, 9.17) is 5.26 Å². The molecule has 0 radical (unpaired) electrons. The topological polar surface area (TPSA) is 91.4 Å². The monoisotopic (exact) mass is 373 g/mol. The van der Waals surface area contributed by atoms with Crippen molar-refractivity contribution in [3.63, 3.8) is 0 Å². The summed E-state index contributed by atoms with van der Waals surface area (Å²) in [4.78, 5) is 19.0. The SMILES string of the molecule is Cc1nc2c(C#N)cnn2c(C)c1CCC(=O)N1CCS(=O)CC(C)C1. The van der Waals surface area contributed by atoms with Crippen LogP contribution in [0.5, 0.6) is 0 Å². The molecule has 138 valence electrons. The minimum atomic E-state index is -0.828. The third-order valence-electron chi connectivity index (χ3n) is 4.86. The van der Waals surface area contributed by atoms with Gasteiger partial charge in [-0.3, -0.25) is 9.00 Å². The van der Waals surface area contributed by atoms with Crippen molar-refractivity contribution in [2.45, 2.75) is 33.6 Å². The van der Waals surface area contributed by atoms with Gasteiger partial charge in [-0.25, -0.2) is 9.50 Å². The van der Waals surface area contributed by atoms with E-state index in [9.17, 15) is 9.00 Å². The van der Waals surface area contributed by atoms with Gasteiger partial charge in [0.15, 0.2) is 5.65 Å². The first-order valence-corrected chi connectivity index (χ1v) is 10.3. The molecule has 1 amide bonds. The molecular formula is C18H23N5O2S. The number of aromatic nitrogens is 3. The van der Waals surface area contributed by atoms with E-state index in [1.54, 1.807) is 4.52 Å². The van der Waals surface area contributed by atoms with Crippen molar-refractivity contribution in [1.82, 2.24) is 19.5 Å². The average Bonchev–Trinajstić information content (AvgIpc) is 2.92. The second-order valence-electron chi connectivity index (χ2n) is 6.92. The second kappa shape index (κ2) is 7.54. The van der Waals surface area contributed by atoms with Gasteiger partial charge in [-0.1, -0.05) is 6.92 Å². The molecule has 7 nitrogen and oxygen atoms in total. The molecular weight excluding hydrogens is 350 g/mol. The predicted molar refractivity (Wildman–Crippen MR) is 99.1 cm³/mol. The molecule has 3 rings (SSSR count). The molecule has 1 aliphatic heterocycles. The van der Waals surface area contributed by atoms with Gasteiger partial charge in [0.2, 0.25) is 5.91 Å². The summed E-state index contributed by atoms with van der Waals surface area (Å²) in [5.41, 5.74) is 3.73. The van der Waals surface area contributed by atoms with Gasteiger partial charge >= 0.3 is 0 Å². The number of fused-ring (bicyclic) bond motifs is 1. The highest BCUT2D eigenvalue weighted by atomic mass is 32.2. The van der Waals surface area contributed by atoms with Gasteiger partial charge in [0, 0.05) is 53.2 Å². The Bertz CT molecular complexity index is 914. The molecule has 1 saturated heterocycles. The highest BCUT2D eigenvalue weighted by Crippen LogP contribution is 2.19. The molecule has 26 heavy (non-hydrogen) atoms. The van der Waals surface area contributed by atoms with Gasteiger partial charge in [0.1, 0.15) is 11.6 Å². The van der Waals surface area contributed by atoms with Crippen LogP contribution in [-0.2, 0) is 22.0 Å². The Morgan fingerprint density at radius 2 is 2.23 bits per heavy atom. The number of rotatable bonds is 3. The van der Waals surface area contributed by atoms with Crippen molar-refractivity contribution in [3.8, 4) is 6.07 Å². The summed E-state index contributed by atoms with van der Waals surface area (Å²) in [5.74, 6) is 1.58. The molecule has 0 spiro atoms. The highest BCUT2D eigenvalue weighted by molar-refractivity contribution is 7.85. The van der Waals surface area contributed by atoms with Crippen LogP contribution in [0.4, 0.5) is 0 Å². The lowest BCUT2D eigenvalue weighted by Crippen LogP contribution is -2.35. The maximum atomic E-state index is 12.7. The Morgan fingerprint density at radius 1 is 1.46 bits per heavy atom. The number of carbonyl (C=O) groups is 1. The number of nitrogens with zero attached hydrogens (tertiary/aromatic N) is 5. The van der Waals surface area contributed by atoms with E-state index < -0.39 is 10.8 Å². The molecule has 0 aromatic carbocycles. The fraction of sp³-hybridized carbons (Fsp3) is 0.556. The Morgan fingerprint density at radius 3 is 2.96 bits per heavy atom. The molecule has 0 bridgehead atoms. The van der Waals surface area contributed by atoms with E-state index >= 15 is 0 Å². The summed E-state index contributed by atoms with van der Waals surface area (Å²) in [5, 5.41) is 13.4. The molecule has 1 aliphatic rings. The van der Waals surface area contributed by atoms with Crippen molar-refractivity contribution >= 4 is 22.4 Å². The van der Waals surface area contributed by atoms with E-state index in [2.05, 4.69) is 16.2 Å². The molecule has 8 heteroatoms. The Balaban J connectivity index is 1.76. The van der Waals surface area contributed by atoms with Crippen LogP contribution in [0.1, 0.15) is 35.9 Å². The van der Waals surface area contributed by atoms with Crippen molar-refractivity contribution in [3.05, 3.63) is 28.7 Å². The van der Waals surface area contributed by atoms with Crippen LogP contribution in [0.25, 0.3) is 5.65 Å². The van der Waals surface area contributed by atoms with Crippen LogP contribution in [0, 0.1) is 31.1 Å². The number of amides is 1. The van der Waals surface area contributed by atoms with Crippen LogP contribution in [0.3, 0.4) is 0 Å². The van der Waals surface area contributed by atoms with Crippen molar-refractivity contribution in [1.29, 1.82) is 5.26 Å². The van der Waals surface area contributed by atoms with E-state index in [1.165, 1.54) is 6.20 Å². The standard InChI is InChI=1S/C18H23N5O2S/c1-12-10-22(6-7-26(25)11-12)17(24)5-4-16-13(2)21-18-15(8-19)9-20-23(18)14(16)3/h9,12H,4-7,10-11H2,1-3H3. The summed E-state index contributed by atoms with van der Waals surface area (Å²) < 4.78 is 13.5. The highest BCUT2D eigenvalue weighted by Gasteiger charge is 2.23. The number of nitriles is 1. The Hall–Kier alpha value is -2.27. The number of carbonyl (C=O) groups excluding carboxylic acids is 1. The maximum Gasteiger partial charge on any atom is 0.222 e. The quantitative estimate of drug-likeness (QED) is 0.810. The van der Waals surface area contributed by atoms with Gasteiger partial charge in [-0.15, -0.1) is 0 Å². The summed E-state index contributed by atoms with van der Waals surface area (Å²) in [6.45, 7) is 7.12. The zero-order valence-electron chi connectivity index (χ0n) is 15.4. The largest absolute Gasteiger partial charge is 0.341 e. The summed E-state index contributed by atoms with van der Waals surface area (Å²) in [6, 6.07) is 2.10. The van der Waals surface area contributed by atoms with Crippen LogP contribution in [0.15, 0.2) is 6.20 Å². The lowest BCUT2D eigenvalue weighted by molar-refractivity contribution is -0.131. The molecule has 0 aliphatic carbocycles. The summed E-state index contributed by atoms with van der Waals surface area (Å²) in [6.07, 6.45) is 2.48. The zero-order chi connectivity index (χ0) is 18.8. The fourth-order valence-electron chi connectivity index (χ4n) is 3.50. The Labute approximate surface area is 155 Å². The molecule has 3 heterocycles. The van der Waals surface area contributed by atoms with Gasteiger partial charge in [-0.05, 0) is 31.7 Å². The van der Waals surface area contributed by atoms with E-state index in [0.29, 0.717) is 48.6 Å². The van der Waals surface area contributed by atoms with Crippen LogP contribution >= 0.6 is 0 Å². The normalized spacial score (nSPS) is 20.8. The molecule has 2 aromatic heterocycles. The fourth-order valence-corrected chi connectivity index (χ4v) is 4.83. The molecule has 2 aromatic rings. The maximum absolute atomic E-state index is 12.7. The molecule has 0 N–H and O–H groups in total. The lowest BCUT2D eigenvalue weighted by Gasteiger charge is -2.22. The van der Waals surface area contributed by atoms with Crippen molar-refractivity contribution in [2.24, 2.45) is 5.92 Å².